The van der Waals surface area contributed by atoms with Gasteiger partial charge in [0.25, 0.3) is 0 Å². The Kier molecular flexibility index (Phi) is 4.22. The highest BCUT2D eigenvalue weighted by Gasteiger charge is 2.11. The van der Waals surface area contributed by atoms with Crippen LogP contribution < -0.4 is 4.74 Å². The van der Waals surface area contributed by atoms with Crippen molar-refractivity contribution in [3.8, 4) is 17.0 Å². The van der Waals surface area contributed by atoms with Crippen molar-refractivity contribution < 1.29 is 4.74 Å². The Morgan fingerprint density at radius 1 is 1.08 bits per heavy atom. The molecule has 0 aliphatic rings. The van der Waals surface area contributed by atoms with Gasteiger partial charge in [-0.25, -0.2) is 4.98 Å². The number of unbranched alkanes of at least 4 members (excludes halogenated alkanes) is 1. The van der Waals surface area contributed by atoms with Gasteiger partial charge in [-0.2, -0.15) is 0 Å². The van der Waals surface area contributed by atoms with Gasteiger partial charge in [0.15, 0.2) is 4.96 Å². The standard InChI is InChI=1S/C21H22N2OS/c1-4-5-10-24-17-8-6-16(7-9-17)18-13-23-19-11-14(2)15(3)12-20(19)25-21(23)22-18/h6-9,11-13H,4-5,10H2,1-3H3. The van der Waals surface area contributed by atoms with Gasteiger partial charge in [0.1, 0.15) is 5.75 Å². The summed E-state index contributed by atoms with van der Waals surface area (Å²) in [5.74, 6) is 0.926. The quantitative estimate of drug-likeness (QED) is 0.412. The third kappa shape index (κ3) is 3.02. The molecule has 0 atom stereocenters. The van der Waals surface area contributed by atoms with Crippen LogP contribution in [0.1, 0.15) is 30.9 Å². The molecular formula is C21H22N2OS. The predicted octanol–water partition coefficient (Wildman–Crippen LogP) is 6.01. The Bertz CT molecular complexity index is 1030. The van der Waals surface area contributed by atoms with Crippen molar-refractivity contribution >= 4 is 26.5 Å². The summed E-state index contributed by atoms with van der Waals surface area (Å²) in [7, 11) is 0. The molecule has 4 rings (SSSR count). The molecule has 4 heteroatoms. The minimum absolute atomic E-state index is 0.779. The molecule has 4 aromatic rings. The third-order valence-corrected chi connectivity index (χ3v) is 5.64. The normalized spacial score (nSPS) is 11.5. The lowest BCUT2D eigenvalue weighted by molar-refractivity contribution is 0.309. The molecule has 0 aliphatic heterocycles. The molecule has 2 aromatic heterocycles. The van der Waals surface area contributed by atoms with Crippen LogP contribution in [-0.4, -0.2) is 16.0 Å². The number of hydrogen-bond acceptors (Lipinski definition) is 3. The number of aromatic nitrogens is 2. The van der Waals surface area contributed by atoms with E-state index in [1.165, 1.54) is 21.3 Å². The Labute approximate surface area is 151 Å². The van der Waals surface area contributed by atoms with Crippen molar-refractivity contribution in [1.29, 1.82) is 0 Å². The molecule has 0 amide bonds. The van der Waals surface area contributed by atoms with E-state index in [9.17, 15) is 0 Å². The molecule has 2 heterocycles. The van der Waals surface area contributed by atoms with E-state index in [1.807, 2.05) is 12.1 Å². The number of nitrogens with zero attached hydrogens (tertiary/aromatic N) is 2. The number of benzene rings is 2. The van der Waals surface area contributed by atoms with Crippen molar-refractivity contribution in [2.75, 3.05) is 6.61 Å². The highest BCUT2D eigenvalue weighted by molar-refractivity contribution is 7.23. The van der Waals surface area contributed by atoms with Crippen LogP contribution in [0.5, 0.6) is 5.75 Å². The average molecular weight is 350 g/mol. The second-order valence-electron chi connectivity index (χ2n) is 6.51. The molecule has 0 radical (unpaired) electrons. The molecule has 3 nitrogen and oxygen atoms in total. The summed E-state index contributed by atoms with van der Waals surface area (Å²) in [6.45, 7) is 7.27. The second kappa shape index (κ2) is 6.52. The van der Waals surface area contributed by atoms with Crippen LogP contribution >= 0.6 is 11.3 Å². The fourth-order valence-electron chi connectivity index (χ4n) is 2.95. The lowest BCUT2D eigenvalue weighted by atomic mass is 10.1. The molecule has 2 aromatic carbocycles. The smallest absolute Gasteiger partial charge is 0.195 e. The molecule has 0 N–H and O–H groups in total. The molecule has 25 heavy (non-hydrogen) atoms. The predicted molar refractivity (Wildman–Crippen MR) is 106 cm³/mol. The molecular weight excluding hydrogens is 328 g/mol. The van der Waals surface area contributed by atoms with E-state index in [0.29, 0.717) is 0 Å². The highest BCUT2D eigenvalue weighted by atomic mass is 32.1. The number of fused-ring (bicyclic) bond motifs is 3. The van der Waals surface area contributed by atoms with Crippen LogP contribution in [0.25, 0.3) is 26.4 Å². The SMILES string of the molecule is CCCCOc1ccc(-c2cn3c(n2)sc2cc(C)c(C)cc23)cc1. The number of hydrogen-bond donors (Lipinski definition) is 0. The summed E-state index contributed by atoms with van der Waals surface area (Å²) in [6.07, 6.45) is 4.37. The van der Waals surface area contributed by atoms with E-state index in [0.717, 1.165) is 41.4 Å². The van der Waals surface area contributed by atoms with Crippen molar-refractivity contribution in [3.05, 3.63) is 53.7 Å². The zero-order chi connectivity index (χ0) is 17.4. The first-order valence-corrected chi connectivity index (χ1v) is 9.59. The van der Waals surface area contributed by atoms with Gasteiger partial charge in [0.2, 0.25) is 0 Å². The fraction of sp³-hybridized carbons (Fsp3) is 0.286. The second-order valence-corrected chi connectivity index (χ2v) is 7.52. The Morgan fingerprint density at radius 2 is 1.84 bits per heavy atom. The number of imidazole rings is 1. The molecule has 0 saturated carbocycles. The summed E-state index contributed by atoms with van der Waals surface area (Å²) < 4.78 is 9.23. The summed E-state index contributed by atoms with van der Waals surface area (Å²) in [5, 5.41) is 0. The Balaban J connectivity index is 1.66. The molecule has 0 fully saturated rings. The minimum Gasteiger partial charge on any atom is -0.494 e. The first kappa shape index (κ1) is 16.2. The topological polar surface area (TPSA) is 26.5 Å². The van der Waals surface area contributed by atoms with Gasteiger partial charge in [-0.1, -0.05) is 24.7 Å². The van der Waals surface area contributed by atoms with Gasteiger partial charge >= 0.3 is 0 Å². The molecule has 0 unspecified atom stereocenters. The molecule has 0 aliphatic carbocycles. The summed E-state index contributed by atoms with van der Waals surface area (Å²) in [6, 6.07) is 12.8. The van der Waals surface area contributed by atoms with Gasteiger partial charge in [-0.3, -0.25) is 4.40 Å². The zero-order valence-electron chi connectivity index (χ0n) is 14.9. The lowest BCUT2D eigenvalue weighted by Gasteiger charge is -2.05. The maximum Gasteiger partial charge on any atom is 0.195 e. The van der Waals surface area contributed by atoms with Gasteiger partial charge in [-0.15, -0.1) is 0 Å². The van der Waals surface area contributed by atoms with Crippen LogP contribution in [0.2, 0.25) is 0 Å². The Hall–Kier alpha value is -2.33. The van der Waals surface area contributed by atoms with Crippen molar-refractivity contribution in [1.82, 2.24) is 9.38 Å². The van der Waals surface area contributed by atoms with Crippen LogP contribution in [-0.2, 0) is 0 Å². The maximum atomic E-state index is 5.74. The first-order chi connectivity index (χ1) is 12.2. The molecule has 128 valence electrons. The summed E-state index contributed by atoms with van der Waals surface area (Å²) >= 11 is 1.74. The molecule has 0 saturated heterocycles. The van der Waals surface area contributed by atoms with E-state index in [-0.39, 0.29) is 0 Å². The monoisotopic (exact) mass is 350 g/mol. The maximum absolute atomic E-state index is 5.74. The van der Waals surface area contributed by atoms with Gasteiger partial charge < -0.3 is 4.74 Å². The fourth-order valence-corrected chi connectivity index (χ4v) is 4.03. The number of ether oxygens (including phenoxy) is 1. The van der Waals surface area contributed by atoms with E-state index < -0.39 is 0 Å². The van der Waals surface area contributed by atoms with E-state index in [1.54, 1.807) is 11.3 Å². The van der Waals surface area contributed by atoms with Crippen molar-refractivity contribution in [3.63, 3.8) is 0 Å². The largest absolute Gasteiger partial charge is 0.494 e. The summed E-state index contributed by atoms with van der Waals surface area (Å²) in [5.41, 5.74) is 6.01. The van der Waals surface area contributed by atoms with E-state index in [4.69, 9.17) is 9.72 Å². The van der Waals surface area contributed by atoms with Gasteiger partial charge in [0, 0.05) is 11.8 Å². The number of rotatable bonds is 5. The number of thiazole rings is 1. The van der Waals surface area contributed by atoms with E-state index in [2.05, 4.69) is 55.6 Å². The Morgan fingerprint density at radius 3 is 2.60 bits per heavy atom. The minimum atomic E-state index is 0.779. The van der Waals surface area contributed by atoms with Crippen LogP contribution in [0, 0.1) is 13.8 Å². The van der Waals surface area contributed by atoms with Gasteiger partial charge in [0.05, 0.1) is 22.5 Å². The van der Waals surface area contributed by atoms with E-state index >= 15 is 0 Å². The molecule has 0 spiro atoms. The third-order valence-electron chi connectivity index (χ3n) is 4.63. The average Bonchev–Trinajstić information content (AvgIpc) is 3.15. The van der Waals surface area contributed by atoms with Crippen molar-refractivity contribution in [2.45, 2.75) is 33.6 Å². The zero-order valence-corrected chi connectivity index (χ0v) is 15.7. The molecule has 0 bridgehead atoms. The first-order valence-electron chi connectivity index (χ1n) is 8.78. The van der Waals surface area contributed by atoms with Gasteiger partial charge in [-0.05, 0) is 67.8 Å². The van der Waals surface area contributed by atoms with Crippen LogP contribution in [0.4, 0.5) is 0 Å². The number of aryl methyl sites for hydroxylation is 2. The van der Waals surface area contributed by atoms with Crippen LogP contribution in [0.15, 0.2) is 42.6 Å². The highest BCUT2D eigenvalue weighted by Crippen LogP contribution is 2.31. The summed E-state index contributed by atoms with van der Waals surface area (Å²) in [4.78, 5) is 5.87. The van der Waals surface area contributed by atoms with Crippen molar-refractivity contribution in [2.24, 2.45) is 0 Å². The van der Waals surface area contributed by atoms with Crippen LogP contribution in [0.3, 0.4) is 0 Å². The lowest BCUT2D eigenvalue weighted by Crippen LogP contribution is -1.95.